The molecule has 1 aromatic heterocycles. The molecule has 0 spiro atoms. The predicted molar refractivity (Wildman–Crippen MR) is 363 cm³/mol. The Bertz CT molecular complexity index is 4130. The van der Waals surface area contributed by atoms with Gasteiger partial charge in [-0.3, -0.25) is 0 Å². The van der Waals surface area contributed by atoms with Crippen LogP contribution in [0.3, 0.4) is 0 Å². The van der Waals surface area contributed by atoms with Crippen LogP contribution in [0.25, 0.3) is 72.0 Å². The molecule has 2 aliphatic heterocycles. The summed E-state index contributed by atoms with van der Waals surface area (Å²) >= 11 is 0. The fraction of sp³-hybridized carbons (Fsp3) is 0.154. The molecule has 0 aliphatic carbocycles. The highest BCUT2D eigenvalue weighted by Gasteiger charge is 2.53. The molecule has 11 aromatic carbocycles. The van der Waals surface area contributed by atoms with Crippen molar-refractivity contribution in [1.82, 2.24) is 4.57 Å². The van der Waals surface area contributed by atoms with E-state index in [4.69, 9.17) is 18.6 Å². The maximum absolute atomic E-state index is 6.57. The second-order valence-corrected chi connectivity index (χ2v) is 25.0. The van der Waals surface area contributed by atoms with Crippen LogP contribution < -0.4 is 20.7 Å². The fourth-order valence-electron chi connectivity index (χ4n) is 12.3. The van der Waals surface area contributed by atoms with E-state index >= 15 is 0 Å². The number of fused-ring (bicyclic) bond motifs is 3. The fourth-order valence-corrected chi connectivity index (χ4v) is 12.3. The summed E-state index contributed by atoms with van der Waals surface area (Å²) in [5.41, 5.74) is 18.6. The summed E-state index contributed by atoms with van der Waals surface area (Å²) < 4.78 is 28.8. The van der Waals surface area contributed by atoms with Gasteiger partial charge in [-0.15, -0.1) is 0 Å². The zero-order valence-electron chi connectivity index (χ0n) is 50.6. The number of hydrogen-bond donors (Lipinski definition) is 0. The number of aromatic nitrogens is 1. The highest BCUT2D eigenvalue weighted by molar-refractivity contribution is 6.62. The molecule has 0 saturated carbocycles. The largest absolute Gasteiger partial charge is 0.494 e. The van der Waals surface area contributed by atoms with Gasteiger partial charge < -0.3 is 33.0 Å². The summed E-state index contributed by atoms with van der Waals surface area (Å²) in [7, 11) is -0.985. The van der Waals surface area contributed by atoms with Crippen LogP contribution in [0.4, 0.5) is 34.1 Å². The minimum atomic E-state index is -0.492. The molecule has 9 heteroatoms. The van der Waals surface area contributed by atoms with Crippen LogP contribution in [0, 0.1) is 0 Å². The normalized spacial score (nSPS) is 15.7. The molecule has 0 amide bonds. The average molecular weight is 1130 g/mol. The summed E-state index contributed by atoms with van der Waals surface area (Å²) in [5.74, 6) is 0. The molecule has 3 heterocycles. The summed E-state index contributed by atoms with van der Waals surface area (Å²) in [4.78, 5) is 4.73. The predicted octanol–water partition coefficient (Wildman–Crippen LogP) is 19.0. The van der Waals surface area contributed by atoms with E-state index in [-0.39, 0.29) is 0 Å². The number of nitrogens with zero attached hydrogens (tertiary/aromatic N) is 3. The van der Waals surface area contributed by atoms with Gasteiger partial charge in [0, 0.05) is 56.0 Å². The van der Waals surface area contributed by atoms with Crippen LogP contribution in [-0.2, 0) is 18.6 Å². The molecule has 12 aromatic rings. The van der Waals surface area contributed by atoms with Crippen molar-refractivity contribution in [2.24, 2.45) is 0 Å². The molecule has 0 N–H and O–H groups in total. The van der Waals surface area contributed by atoms with Crippen molar-refractivity contribution in [3.8, 4) is 50.2 Å². The van der Waals surface area contributed by atoms with E-state index in [1.807, 2.05) is 0 Å². The van der Waals surface area contributed by atoms with Crippen molar-refractivity contribution in [2.75, 3.05) is 9.80 Å². The molecule has 0 atom stereocenters. The molecule has 14 rings (SSSR count). The summed E-state index contributed by atoms with van der Waals surface area (Å²) in [6.07, 6.45) is 0. The van der Waals surface area contributed by atoms with Gasteiger partial charge in [0.1, 0.15) is 0 Å². The van der Waals surface area contributed by atoms with E-state index in [1.165, 1.54) is 11.1 Å². The molecular formula is C78H69B2N3O4. The van der Waals surface area contributed by atoms with Crippen LogP contribution in [0.1, 0.15) is 55.4 Å². The van der Waals surface area contributed by atoms with Crippen LogP contribution in [0.15, 0.2) is 273 Å². The van der Waals surface area contributed by atoms with Crippen molar-refractivity contribution in [1.29, 1.82) is 0 Å². The molecule has 2 fully saturated rings. The molecule has 2 saturated heterocycles. The van der Waals surface area contributed by atoms with Gasteiger partial charge in [0.25, 0.3) is 0 Å². The van der Waals surface area contributed by atoms with E-state index in [9.17, 15) is 0 Å². The number of benzene rings is 11. The van der Waals surface area contributed by atoms with Gasteiger partial charge in [-0.25, -0.2) is 0 Å². The van der Waals surface area contributed by atoms with E-state index in [1.54, 1.807) is 0 Å². The SMILES string of the molecule is CC1(C)OB(c2ccc(N(c3ccc(-c4ccccc4)cc3)c3ccc4c(c3)c3cc(N(c5ccc(B6OC(C)(C)C(C)(C)O6)cc5)c5ccc(-c6ccccc6)cc5)ccc3n4-c3c(-c4ccccc4)cccc3-c3ccccc3)cc2)OC1(C)C. The van der Waals surface area contributed by atoms with Crippen molar-refractivity contribution >= 4 is 81.1 Å². The van der Waals surface area contributed by atoms with Crippen molar-refractivity contribution in [3.63, 3.8) is 0 Å². The van der Waals surface area contributed by atoms with Gasteiger partial charge in [0.15, 0.2) is 0 Å². The summed E-state index contributed by atoms with van der Waals surface area (Å²) in [6, 6.07) is 98.6. The number of para-hydroxylation sites is 1. The highest BCUT2D eigenvalue weighted by atomic mass is 16.7. The Labute approximate surface area is 512 Å². The Morgan fingerprint density at radius 3 is 0.874 bits per heavy atom. The lowest BCUT2D eigenvalue weighted by Gasteiger charge is -2.32. The second-order valence-electron chi connectivity index (χ2n) is 25.0. The molecular weight excluding hydrogens is 1060 g/mol. The van der Waals surface area contributed by atoms with Gasteiger partial charge in [-0.05, 0) is 185 Å². The molecule has 426 valence electrons. The van der Waals surface area contributed by atoms with Gasteiger partial charge >= 0.3 is 14.2 Å². The monoisotopic (exact) mass is 1130 g/mol. The zero-order valence-corrected chi connectivity index (χ0v) is 50.6. The minimum absolute atomic E-state index is 0.468. The average Bonchev–Trinajstić information content (AvgIpc) is 1.68. The van der Waals surface area contributed by atoms with Crippen molar-refractivity contribution in [3.05, 3.63) is 273 Å². The van der Waals surface area contributed by atoms with Gasteiger partial charge in [-0.1, -0.05) is 188 Å². The van der Waals surface area contributed by atoms with Crippen LogP contribution in [-0.4, -0.2) is 41.2 Å². The number of rotatable bonds is 13. The molecule has 7 nitrogen and oxygen atoms in total. The Hall–Kier alpha value is -9.21. The Morgan fingerprint density at radius 1 is 0.276 bits per heavy atom. The molecule has 0 radical (unpaired) electrons. The van der Waals surface area contributed by atoms with Crippen LogP contribution in [0.5, 0.6) is 0 Å². The summed E-state index contributed by atoms with van der Waals surface area (Å²) in [5, 5.41) is 2.20. The van der Waals surface area contributed by atoms with Gasteiger partial charge in [0.05, 0.1) is 39.1 Å². The Kier molecular flexibility index (Phi) is 14.0. The third-order valence-electron chi connectivity index (χ3n) is 18.5. The number of hydrogen-bond acceptors (Lipinski definition) is 6. The standard InChI is InChI=1S/C78H69B2N3O4/c1-75(2)76(3,4)85-79(84-75)60-36-44-64(45-37-60)81(62-40-32-56(33-41-62)54-22-13-9-14-23-54)66-48-50-72-70(52-66)71-53-67(49-51-73(71)83(72)74-68(58-26-17-11-18-27-58)30-21-31-69(74)59-28-19-12-20-29-59)82(63-42-34-57(35-43-63)55-24-15-10-16-25-55)65-46-38-61(39-47-65)80-86-77(5,6)78(7,8)87-80/h9-53H,1-8H3. The first-order chi connectivity index (χ1) is 42.1. The van der Waals surface area contributed by atoms with Crippen LogP contribution >= 0.6 is 0 Å². The van der Waals surface area contributed by atoms with E-state index < -0.39 is 36.6 Å². The Balaban J connectivity index is 0.988. The molecule has 0 unspecified atom stereocenters. The third-order valence-corrected chi connectivity index (χ3v) is 18.5. The quantitative estimate of drug-likeness (QED) is 0.107. The lowest BCUT2D eigenvalue weighted by molar-refractivity contribution is 0.00578. The van der Waals surface area contributed by atoms with E-state index in [0.717, 1.165) is 106 Å². The maximum Gasteiger partial charge on any atom is 0.494 e. The maximum atomic E-state index is 6.57. The highest BCUT2D eigenvalue weighted by Crippen LogP contribution is 2.47. The Morgan fingerprint density at radius 2 is 0.552 bits per heavy atom. The first kappa shape index (κ1) is 55.6. The molecule has 0 bridgehead atoms. The lowest BCUT2D eigenvalue weighted by Crippen LogP contribution is -2.41. The number of anilines is 6. The third kappa shape index (κ3) is 10.2. The van der Waals surface area contributed by atoms with Gasteiger partial charge in [0.2, 0.25) is 0 Å². The zero-order chi connectivity index (χ0) is 59.7. The summed E-state index contributed by atoms with van der Waals surface area (Å²) in [6.45, 7) is 16.8. The smallest absolute Gasteiger partial charge is 0.399 e. The van der Waals surface area contributed by atoms with Crippen molar-refractivity contribution in [2.45, 2.75) is 77.8 Å². The second kappa shape index (κ2) is 21.9. The van der Waals surface area contributed by atoms with Crippen LogP contribution in [0.2, 0.25) is 0 Å². The van der Waals surface area contributed by atoms with Crippen molar-refractivity contribution < 1.29 is 18.6 Å². The minimum Gasteiger partial charge on any atom is -0.399 e. The first-order valence-electron chi connectivity index (χ1n) is 30.2. The first-order valence-corrected chi connectivity index (χ1v) is 30.2. The lowest BCUT2D eigenvalue weighted by atomic mass is 9.79. The van der Waals surface area contributed by atoms with E-state index in [0.29, 0.717) is 0 Å². The molecule has 87 heavy (non-hydrogen) atoms. The van der Waals surface area contributed by atoms with E-state index in [2.05, 4.69) is 343 Å². The van der Waals surface area contributed by atoms with Gasteiger partial charge in [-0.2, -0.15) is 0 Å². The topological polar surface area (TPSA) is 48.3 Å². The molecule has 2 aliphatic rings.